The number of pyridine rings is 1. The number of aromatic amines is 1. The minimum atomic E-state index is 0.425. The van der Waals surface area contributed by atoms with Gasteiger partial charge in [-0.2, -0.15) is 5.26 Å². The van der Waals surface area contributed by atoms with Crippen molar-refractivity contribution < 1.29 is 0 Å². The highest BCUT2D eigenvalue weighted by Crippen LogP contribution is 2.36. The van der Waals surface area contributed by atoms with E-state index in [-0.39, 0.29) is 0 Å². The van der Waals surface area contributed by atoms with E-state index in [0.717, 1.165) is 37.3 Å². The van der Waals surface area contributed by atoms with Gasteiger partial charge in [0.2, 0.25) is 5.69 Å². The quantitative estimate of drug-likeness (QED) is 0.683. The Morgan fingerprint density at radius 3 is 2.79 bits per heavy atom. The molecule has 1 saturated heterocycles. The standard InChI is InChI=1S/C17H18N6S/c1-3-13-14(10-18)17(24)21-16(15(13)19-2)22-7-4-12(5-8-22)23-9-6-20-11-23/h6,9,11-12H,3-5,7-8H2,1H3,(H,21,24). The van der Waals surface area contributed by atoms with Crippen molar-refractivity contribution in [3.8, 4) is 6.07 Å². The molecule has 0 spiro atoms. The maximum atomic E-state index is 9.33. The second kappa shape index (κ2) is 6.86. The van der Waals surface area contributed by atoms with Gasteiger partial charge in [-0.3, -0.25) is 0 Å². The maximum Gasteiger partial charge on any atom is 0.230 e. The SMILES string of the molecule is [C-]#[N+]c1c(N2CCC(n3ccnc3)CC2)[nH]c(=S)c(C#N)c1CC. The highest BCUT2D eigenvalue weighted by Gasteiger charge is 2.24. The number of H-pyrrole nitrogens is 1. The third-order valence-electron chi connectivity index (χ3n) is 4.58. The summed E-state index contributed by atoms with van der Waals surface area (Å²) in [6.07, 6.45) is 8.24. The number of hydrogen-bond acceptors (Lipinski definition) is 4. The highest BCUT2D eigenvalue weighted by molar-refractivity contribution is 7.71. The van der Waals surface area contributed by atoms with Crippen LogP contribution < -0.4 is 4.90 Å². The van der Waals surface area contributed by atoms with Gasteiger partial charge in [-0.05, 0) is 24.8 Å². The van der Waals surface area contributed by atoms with Crippen molar-refractivity contribution in [1.29, 1.82) is 5.26 Å². The number of nitriles is 1. The Hall–Kier alpha value is -2.64. The monoisotopic (exact) mass is 338 g/mol. The summed E-state index contributed by atoms with van der Waals surface area (Å²) >= 11 is 5.34. The van der Waals surface area contributed by atoms with Gasteiger partial charge in [0.15, 0.2) is 0 Å². The Kier molecular flexibility index (Phi) is 4.64. The first-order chi connectivity index (χ1) is 11.7. The molecule has 1 aliphatic rings. The van der Waals surface area contributed by atoms with Crippen LogP contribution in [-0.4, -0.2) is 27.6 Å². The van der Waals surface area contributed by atoms with E-state index in [2.05, 4.69) is 30.3 Å². The number of hydrogen-bond donors (Lipinski definition) is 1. The highest BCUT2D eigenvalue weighted by atomic mass is 32.1. The number of aromatic nitrogens is 3. The van der Waals surface area contributed by atoms with Crippen LogP contribution in [0.2, 0.25) is 0 Å². The summed E-state index contributed by atoms with van der Waals surface area (Å²) in [5.74, 6) is 0.759. The molecule has 0 bridgehead atoms. The van der Waals surface area contributed by atoms with Crippen molar-refractivity contribution >= 4 is 23.7 Å². The lowest BCUT2D eigenvalue weighted by Gasteiger charge is -2.34. The zero-order valence-corrected chi connectivity index (χ0v) is 14.3. The fourth-order valence-corrected chi connectivity index (χ4v) is 3.58. The number of rotatable bonds is 3. The molecule has 0 aliphatic carbocycles. The van der Waals surface area contributed by atoms with Crippen molar-refractivity contribution in [2.75, 3.05) is 18.0 Å². The molecule has 6 nitrogen and oxygen atoms in total. The van der Waals surface area contributed by atoms with Gasteiger partial charge in [-0.15, -0.1) is 0 Å². The van der Waals surface area contributed by atoms with Gasteiger partial charge in [0.05, 0.1) is 18.5 Å². The molecular weight excluding hydrogens is 320 g/mol. The largest absolute Gasteiger partial charge is 0.367 e. The van der Waals surface area contributed by atoms with Gasteiger partial charge in [0, 0.05) is 31.5 Å². The maximum absolute atomic E-state index is 9.33. The van der Waals surface area contributed by atoms with Crippen LogP contribution in [0.15, 0.2) is 18.7 Å². The van der Waals surface area contributed by atoms with Gasteiger partial charge in [0.25, 0.3) is 0 Å². The first-order valence-electron chi connectivity index (χ1n) is 7.98. The van der Waals surface area contributed by atoms with E-state index in [4.69, 9.17) is 18.8 Å². The number of imidazole rings is 1. The molecule has 2 aromatic heterocycles. The molecule has 1 fully saturated rings. The zero-order chi connectivity index (χ0) is 17.1. The van der Waals surface area contributed by atoms with Crippen LogP contribution in [-0.2, 0) is 6.42 Å². The number of anilines is 1. The lowest BCUT2D eigenvalue weighted by molar-refractivity contribution is 0.395. The predicted molar refractivity (Wildman–Crippen MR) is 94.7 cm³/mol. The topological polar surface area (TPSA) is 65.0 Å². The van der Waals surface area contributed by atoms with E-state index in [1.165, 1.54) is 0 Å². The predicted octanol–water partition coefficient (Wildman–Crippen LogP) is 3.77. The summed E-state index contributed by atoms with van der Waals surface area (Å²) in [4.78, 5) is 13.1. The van der Waals surface area contributed by atoms with Gasteiger partial charge in [0.1, 0.15) is 16.5 Å². The number of piperidine rings is 1. The number of nitrogens with zero attached hydrogens (tertiary/aromatic N) is 5. The van der Waals surface area contributed by atoms with Gasteiger partial charge >= 0.3 is 0 Å². The van der Waals surface area contributed by atoms with Crippen molar-refractivity contribution in [3.05, 3.63) is 45.9 Å². The molecule has 3 rings (SSSR count). The second-order valence-corrected chi connectivity index (χ2v) is 6.22. The smallest absolute Gasteiger partial charge is 0.230 e. The van der Waals surface area contributed by atoms with Crippen molar-refractivity contribution in [1.82, 2.24) is 14.5 Å². The molecule has 2 aromatic rings. The molecule has 0 aromatic carbocycles. The van der Waals surface area contributed by atoms with Crippen molar-refractivity contribution in [2.45, 2.75) is 32.2 Å². The summed E-state index contributed by atoms with van der Waals surface area (Å²) in [7, 11) is 0. The molecule has 0 atom stereocenters. The molecule has 24 heavy (non-hydrogen) atoms. The third kappa shape index (κ3) is 2.79. The molecule has 0 radical (unpaired) electrons. The normalized spacial score (nSPS) is 15.0. The molecule has 7 heteroatoms. The minimum absolute atomic E-state index is 0.425. The van der Waals surface area contributed by atoms with Gasteiger partial charge in [-0.1, -0.05) is 19.1 Å². The fourth-order valence-electron chi connectivity index (χ4n) is 3.31. The van der Waals surface area contributed by atoms with E-state index in [9.17, 15) is 5.26 Å². The zero-order valence-electron chi connectivity index (χ0n) is 13.5. The summed E-state index contributed by atoms with van der Waals surface area (Å²) in [6, 6.07) is 2.57. The average Bonchev–Trinajstić information content (AvgIpc) is 3.15. The van der Waals surface area contributed by atoms with Crippen LogP contribution in [0.3, 0.4) is 0 Å². The van der Waals surface area contributed by atoms with Crippen LogP contribution >= 0.6 is 12.2 Å². The van der Waals surface area contributed by atoms with E-state index in [1.807, 2.05) is 19.4 Å². The first-order valence-corrected chi connectivity index (χ1v) is 8.39. The van der Waals surface area contributed by atoms with E-state index < -0.39 is 0 Å². The first kappa shape index (κ1) is 16.2. The van der Waals surface area contributed by atoms with E-state index >= 15 is 0 Å². The lowest BCUT2D eigenvalue weighted by Crippen LogP contribution is -2.35. The average molecular weight is 338 g/mol. The molecule has 0 amide bonds. The Balaban J connectivity index is 1.91. The van der Waals surface area contributed by atoms with Crippen LogP contribution in [0.25, 0.3) is 4.85 Å². The molecular formula is C17H18N6S. The Bertz CT molecular complexity index is 860. The lowest BCUT2D eigenvalue weighted by atomic mass is 10.0. The Morgan fingerprint density at radius 1 is 1.50 bits per heavy atom. The van der Waals surface area contributed by atoms with Crippen LogP contribution in [0.5, 0.6) is 0 Å². The Labute approximate surface area is 146 Å². The van der Waals surface area contributed by atoms with Crippen molar-refractivity contribution in [3.63, 3.8) is 0 Å². The fraction of sp³-hybridized carbons (Fsp3) is 0.412. The molecule has 0 unspecified atom stereocenters. The second-order valence-electron chi connectivity index (χ2n) is 5.81. The molecule has 122 valence electrons. The molecule has 1 aliphatic heterocycles. The van der Waals surface area contributed by atoms with Crippen LogP contribution in [0.4, 0.5) is 11.5 Å². The van der Waals surface area contributed by atoms with E-state index in [1.54, 1.807) is 6.20 Å². The summed E-state index contributed by atoms with van der Waals surface area (Å²) in [5.41, 5.74) is 1.71. The molecule has 3 heterocycles. The molecule has 0 saturated carbocycles. The van der Waals surface area contributed by atoms with Gasteiger partial charge in [-0.25, -0.2) is 9.83 Å². The molecule has 1 N–H and O–H groups in total. The van der Waals surface area contributed by atoms with E-state index in [0.29, 0.717) is 28.4 Å². The van der Waals surface area contributed by atoms with Crippen molar-refractivity contribution in [2.24, 2.45) is 0 Å². The minimum Gasteiger partial charge on any atom is -0.367 e. The number of nitrogens with one attached hydrogen (secondary N) is 1. The Morgan fingerprint density at radius 2 is 2.25 bits per heavy atom. The van der Waals surface area contributed by atoms with Crippen LogP contribution in [0, 0.1) is 22.5 Å². The summed E-state index contributed by atoms with van der Waals surface area (Å²) < 4.78 is 2.57. The summed E-state index contributed by atoms with van der Waals surface area (Å²) in [5, 5.41) is 9.33. The third-order valence-corrected chi connectivity index (χ3v) is 4.88. The summed E-state index contributed by atoms with van der Waals surface area (Å²) in [6.45, 7) is 11.2. The van der Waals surface area contributed by atoms with Crippen LogP contribution in [0.1, 0.15) is 36.9 Å². The van der Waals surface area contributed by atoms with Gasteiger partial charge < -0.3 is 14.5 Å².